The summed E-state index contributed by atoms with van der Waals surface area (Å²) in [5, 5.41) is 28.5. The van der Waals surface area contributed by atoms with E-state index in [2.05, 4.69) is 0 Å². The highest BCUT2D eigenvalue weighted by Gasteiger charge is 2.17. The summed E-state index contributed by atoms with van der Waals surface area (Å²) in [5.74, 6) is -0.256. The molecule has 2 rings (SSSR count). The molecular weight excluding hydrogens is 272 g/mol. The number of hydrogen-bond acceptors (Lipinski definition) is 5. The maximum atomic E-state index is 11.1. The Balaban J connectivity index is 2.34. The molecule has 3 N–H and O–H groups in total. The second-order valence-corrected chi connectivity index (χ2v) is 4.60. The van der Waals surface area contributed by atoms with Crippen molar-refractivity contribution in [1.82, 2.24) is 0 Å². The lowest BCUT2D eigenvalue weighted by Crippen LogP contribution is -2.07. The van der Waals surface area contributed by atoms with Crippen LogP contribution < -0.4 is 4.74 Å². The average molecular weight is 288 g/mol. The number of carbonyl (C=O) groups excluding carboxylic acids is 1. The summed E-state index contributed by atoms with van der Waals surface area (Å²) in [6.45, 7) is 1.90. The van der Waals surface area contributed by atoms with Crippen LogP contribution >= 0.6 is 0 Å². The van der Waals surface area contributed by atoms with Gasteiger partial charge in [-0.25, -0.2) is 0 Å². The Morgan fingerprint density at radius 2 is 1.76 bits per heavy atom. The van der Waals surface area contributed by atoms with Gasteiger partial charge in [0.25, 0.3) is 0 Å². The fraction of sp³-hybridized carbons (Fsp3) is 0.188. The van der Waals surface area contributed by atoms with Gasteiger partial charge < -0.3 is 20.1 Å². The smallest absolute Gasteiger partial charge is 0.157 e. The highest BCUT2D eigenvalue weighted by atomic mass is 16.5. The summed E-state index contributed by atoms with van der Waals surface area (Å²) in [6, 6.07) is 8.88. The van der Waals surface area contributed by atoms with Crippen molar-refractivity contribution >= 4 is 6.29 Å². The molecule has 110 valence electrons. The van der Waals surface area contributed by atoms with E-state index in [1.807, 2.05) is 6.92 Å². The number of phenols is 3. The van der Waals surface area contributed by atoms with Gasteiger partial charge in [0.1, 0.15) is 29.1 Å². The third kappa shape index (κ3) is 3.25. The van der Waals surface area contributed by atoms with Crippen molar-refractivity contribution < 1.29 is 24.9 Å². The fourth-order valence-corrected chi connectivity index (χ4v) is 2.04. The molecule has 1 atom stereocenters. The number of ether oxygens (including phenoxy) is 1. The minimum Gasteiger partial charge on any atom is -0.508 e. The molecular formula is C16H16O5. The van der Waals surface area contributed by atoms with Crippen molar-refractivity contribution in [3.8, 4) is 23.0 Å². The molecule has 0 fully saturated rings. The minimum atomic E-state index is -0.370. The molecule has 0 amide bonds. The summed E-state index contributed by atoms with van der Waals surface area (Å²) < 4.78 is 5.74. The van der Waals surface area contributed by atoms with Crippen LogP contribution in [0.25, 0.3) is 0 Å². The number of hydrogen-bond donors (Lipinski definition) is 3. The second-order valence-electron chi connectivity index (χ2n) is 4.60. The van der Waals surface area contributed by atoms with Crippen molar-refractivity contribution in [3.63, 3.8) is 0 Å². The molecule has 0 aliphatic carbocycles. The number of rotatable bonds is 5. The van der Waals surface area contributed by atoms with Gasteiger partial charge in [-0.3, -0.25) is 4.79 Å². The Hall–Kier alpha value is -2.69. The molecule has 2 aromatic rings. The van der Waals surface area contributed by atoms with Crippen LogP contribution in [0.5, 0.6) is 23.0 Å². The first kappa shape index (κ1) is 14.7. The lowest BCUT2D eigenvalue weighted by Gasteiger charge is -2.19. The van der Waals surface area contributed by atoms with E-state index in [4.69, 9.17) is 4.74 Å². The first-order chi connectivity index (χ1) is 10.0. The van der Waals surface area contributed by atoms with Crippen molar-refractivity contribution in [2.24, 2.45) is 0 Å². The first-order valence-corrected chi connectivity index (χ1v) is 6.52. The summed E-state index contributed by atoms with van der Waals surface area (Å²) in [4.78, 5) is 11.1. The van der Waals surface area contributed by atoms with E-state index in [-0.39, 0.29) is 34.7 Å². The van der Waals surface area contributed by atoms with E-state index in [9.17, 15) is 20.1 Å². The van der Waals surface area contributed by atoms with Crippen LogP contribution in [-0.4, -0.2) is 21.6 Å². The lowest BCUT2D eigenvalue weighted by atomic mass is 10.1. The number of aldehydes is 1. The molecule has 0 heterocycles. The molecule has 5 nitrogen and oxygen atoms in total. The molecule has 0 saturated carbocycles. The average Bonchev–Trinajstić information content (AvgIpc) is 2.45. The van der Waals surface area contributed by atoms with Crippen LogP contribution in [0.1, 0.15) is 35.4 Å². The van der Waals surface area contributed by atoms with Gasteiger partial charge in [-0.2, -0.15) is 0 Å². The Bertz CT molecular complexity index is 634. The lowest BCUT2D eigenvalue weighted by molar-refractivity contribution is 0.111. The van der Waals surface area contributed by atoms with Crippen molar-refractivity contribution in [2.75, 3.05) is 0 Å². The zero-order valence-corrected chi connectivity index (χ0v) is 11.5. The third-order valence-electron chi connectivity index (χ3n) is 3.13. The van der Waals surface area contributed by atoms with E-state index in [0.29, 0.717) is 12.7 Å². The van der Waals surface area contributed by atoms with E-state index < -0.39 is 0 Å². The Labute approximate surface area is 122 Å². The van der Waals surface area contributed by atoms with Gasteiger partial charge >= 0.3 is 0 Å². The SMILES string of the molecule is CCC(Oc1cc(O)cc(O)c1C=O)c1ccc(O)cc1. The molecule has 21 heavy (non-hydrogen) atoms. The largest absolute Gasteiger partial charge is 0.508 e. The molecule has 2 aromatic carbocycles. The fourth-order valence-electron chi connectivity index (χ4n) is 2.04. The van der Waals surface area contributed by atoms with Crippen LogP contribution in [0.15, 0.2) is 36.4 Å². The molecule has 0 aliphatic rings. The Morgan fingerprint density at radius 1 is 1.10 bits per heavy atom. The maximum absolute atomic E-state index is 11.1. The summed E-state index contributed by atoms with van der Waals surface area (Å²) >= 11 is 0. The van der Waals surface area contributed by atoms with E-state index >= 15 is 0 Å². The zero-order chi connectivity index (χ0) is 15.4. The maximum Gasteiger partial charge on any atom is 0.157 e. The molecule has 0 saturated heterocycles. The van der Waals surface area contributed by atoms with Crippen molar-refractivity contribution in [3.05, 3.63) is 47.5 Å². The molecule has 0 bridgehead atoms. The van der Waals surface area contributed by atoms with Crippen LogP contribution in [0, 0.1) is 0 Å². The minimum absolute atomic E-state index is 0.00923. The van der Waals surface area contributed by atoms with Crippen LogP contribution in [0.4, 0.5) is 0 Å². The topological polar surface area (TPSA) is 87.0 Å². The Kier molecular flexibility index (Phi) is 4.33. The third-order valence-corrected chi connectivity index (χ3v) is 3.13. The highest BCUT2D eigenvalue weighted by molar-refractivity contribution is 5.84. The van der Waals surface area contributed by atoms with Gasteiger partial charge in [0.05, 0.1) is 5.56 Å². The second kappa shape index (κ2) is 6.17. The van der Waals surface area contributed by atoms with Crippen LogP contribution in [0.2, 0.25) is 0 Å². The zero-order valence-electron chi connectivity index (χ0n) is 11.5. The van der Waals surface area contributed by atoms with Crippen LogP contribution in [0.3, 0.4) is 0 Å². The standard InChI is InChI=1S/C16H16O5/c1-2-15(10-3-5-11(18)6-4-10)21-16-8-12(19)7-14(20)13(16)9-17/h3-9,15,18-20H,2H2,1H3. The predicted molar refractivity (Wildman–Crippen MR) is 76.9 cm³/mol. The molecule has 5 heteroatoms. The molecule has 0 aromatic heterocycles. The first-order valence-electron chi connectivity index (χ1n) is 6.52. The van der Waals surface area contributed by atoms with Gasteiger partial charge in [-0.1, -0.05) is 19.1 Å². The normalized spacial score (nSPS) is 11.9. The number of carbonyl (C=O) groups is 1. The predicted octanol–water partition coefficient (Wildman–Crippen LogP) is 3.15. The van der Waals surface area contributed by atoms with Gasteiger partial charge in [0.15, 0.2) is 6.29 Å². The molecule has 0 aliphatic heterocycles. The summed E-state index contributed by atoms with van der Waals surface area (Å²) in [5.41, 5.74) is 0.806. The van der Waals surface area contributed by atoms with Gasteiger partial charge in [-0.15, -0.1) is 0 Å². The van der Waals surface area contributed by atoms with E-state index in [1.54, 1.807) is 24.3 Å². The quantitative estimate of drug-likeness (QED) is 0.736. The highest BCUT2D eigenvalue weighted by Crippen LogP contribution is 2.35. The van der Waals surface area contributed by atoms with Crippen molar-refractivity contribution in [1.29, 1.82) is 0 Å². The monoisotopic (exact) mass is 288 g/mol. The molecule has 1 unspecified atom stereocenters. The number of aromatic hydroxyl groups is 3. The van der Waals surface area contributed by atoms with Crippen molar-refractivity contribution in [2.45, 2.75) is 19.4 Å². The molecule has 0 spiro atoms. The summed E-state index contributed by atoms with van der Waals surface area (Å²) in [7, 11) is 0. The van der Waals surface area contributed by atoms with E-state index in [0.717, 1.165) is 11.6 Å². The van der Waals surface area contributed by atoms with Crippen LogP contribution in [-0.2, 0) is 0 Å². The number of phenolic OH excluding ortho intramolecular Hbond substituents is 3. The Morgan fingerprint density at radius 3 is 2.33 bits per heavy atom. The summed E-state index contributed by atoms with van der Waals surface area (Å²) in [6.07, 6.45) is 0.721. The van der Waals surface area contributed by atoms with Gasteiger partial charge in [-0.05, 0) is 24.1 Å². The molecule has 0 radical (unpaired) electrons. The number of benzene rings is 2. The van der Waals surface area contributed by atoms with Gasteiger partial charge in [0, 0.05) is 12.1 Å². The van der Waals surface area contributed by atoms with E-state index in [1.165, 1.54) is 6.07 Å². The van der Waals surface area contributed by atoms with Gasteiger partial charge in [0.2, 0.25) is 0 Å².